The smallest absolute Gasteiger partial charge is 0.253 e. The molecule has 5 rings (SSSR count). The number of rotatable bonds is 7. The number of amides is 1. The summed E-state index contributed by atoms with van der Waals surface area (Å²) in [6, 6.07) is 16.9. The van der Waals surface area contributed by atoms with Gasteiger partial charge in [0, 0.05) is 48.3 Å². The number of fused-ring (bicyclic) bond motifs is 1. The van der Waals surface area contributed by atoms with Gasteiger partial charge in [0.2, 0.25) is 0 Å². The van der Waals surface area contributed by atoms with E-state index in [9.17, 15) is 4.79 Å². The van der Waals surface area contributed by atoms with Gasteiger partial charge in [-0.15, -0.1) is 0 Å². The minimum absolute atomic E-state index is 0.108. The molecule has 31 heavy (non-hydrogen) atoms. The summed E-state index contributed by atoms with van der Waals surface area (Å²) in [4.78, 5) is 15.3. The average molecular weight is 420 g/mol. The molecule has 1 amide bonds. The molecule has 3 aromatic rings. The molecule has 0 spiro atoms. The first-order chi connectivity index (χ1) is 15.2. The lowest BCUT2D eigenvalue weighted by molar-refractivity contribution is -0.146. The number of morpholine rings is 1. The largest absolute Gasteiger partial charge is 0.496 e. The third-order valence-electron chi connectivity index (χ3n) is 6.22. The highest BCUT2D eigenvalue weighted by Gasteiger charge is 2.37. The third kappa shape index (κ3) is 4.18. The summed E-state index contributed by atoms with van der Waals surface area (Å²) < 4.78 is 13.6. The molecule has 6 heteroatoms. The Morgan fingerprint density at radius 1 is 1.16 bits per heavy atom. The zero-order valence-electron chi connectivity index (χ0n) is 17.9. The van der Waals surface area contributed by atoms with Gasteiger partial charge in [0.15, 0.2) is 0 Å². The van der Waals surface area contributed by atoms with Crippen LogP contribution in [-0.4, -0.2) is 54.3 Å². The first-order valence-electron chi connectivity index (χ1n) is 11.1. The van der Waals surface area contributed by atoms with Gasteiger partial charge in [-0.1, -0.05) is 36.4 Å². The number of nitrogens with zero attached hydrogens (tertiary/aromatic N) is 2. The summed E-state index contributed by atoms with van der Waals surface area (Å²) in [5, 5.41) is 4.47. The van der Waals surface area contributed by atoms with E-state index < -0.39 is 0 Å². The normalized spacial score (nSPS) is 18.8. The van der Waals surface area contributed by atoms with Gasteiger partial charge in [-0.2, -0.15) is 0 Å². The van der Waals surface area contributed by atoms with Crippen molar-refractivity contribution >= 4 is 16.8 Å². The fourth-order valence-corrected chi connectivity index (χ4v) is 4.46. The van der Waals surface area contributed by atoms with E-state index in [4.69, 9.17) is 9.47 Å². The van der Waals surface area contributed by atoms with Crippen LogP contribution in [0.15, 0.2) is 54.7 Å². The topological polar surface area (TPSA) is 55.7 Å². The van der Waals surface area contributed by atoms with Gasteiger partial charge in [-0.25, -0.2) is 0 Å². The number of nitrogens with one attached hydrogen (secondary N) is 1. The van der Waals surface area contributed by atoms with Crippen molar-refractivity contribution in [2.45, 2.75) is 38.1 Å². The van der Waals surface area contributed by atoms with Crippen molar-refractivity contribution in [2.75, 3.05) is 26.8 Å². The summed E-state index contributed by atoms with van der Waals surface area (Å²) >= 11 is 0. The Kier molecular flexibility index (Phi) is 5.66. The lowest BCUT2D eigenvalue weighted by Crippen LogP contribution is -2.49. The molecule has 0 radical (unpaired) electrons. The highest BCUT2D eigenvalue weighted by molar-refractivity contribution is 5.86. The number of hydrogen-bond donors (Lipinski definition) is 1. The van der Waals surface area contributed by atoms with Crippen LogP contribution >= 0.6 is 0 Å². The molecule has 1 aliphatic heterocycles. The maximum absolute atomic E-state index is 13.2. The Hall–Kier alpha value is -2.83. The monoisotopic (exact) mass is 419 g/mol. The average Bonchev–Trinajstić information content (AvgIpc) is 3.61. The maximum Gasteiger partial charge on any atom is 0.253 e. The number of carbonyl (C=O) groups excluding carboxylic acids is 1. The first-order valence-corrected chi connectivity index (χ1v) is 11.1. The van der Waals surface area contributed by atoms with Crippen LogP contribution in [0.2, 0.25) is 0 Å². The highest BCUT2D eigenvalue weighted by atomic mass is 16.5. The van der Waals surface area contributed by atoms with Crippen molar-refractivity contribution in [1.82, 2.24) is 14.8 Å². The van der Waals surface area contributed by atoms with Crippen molar-refractivity contribution in [3.63, 3.8) is 0 Å². The molecule has 2 aromatic carbocycles. The van der Waals surface area contributed by atoms with Crippen molar-refractivity contribution in [3.8, 4) is 5.75 Å². The zero-order chi connectivity index (χ0) is 21.2. The number of carbonyl (C=O) groups is 1. The lowest BCUT2D eigenvalue weighted by atomic mass is 10.1. The molecule has 162 valence electrons. The standard InChI is InChI=1S/C25H29N3O3/c1-30-23-9-5-2-6-18(23)15-27-16-19(21-7-3-4-8-22(21)27)17-28(20-10-11-20)25(29)24-14-26-12-13-31-24/h2-9,16,20,24,26H,10-15,17H2,1H3. The fraction of sp³-hybridized carbons (Fsp3) is 0.400. The molecular weight excluding hydrogens is 390 g/mol. The fourth-order valence-electron chi connectivity index (χ4n) is 4.46. The number of aromatic nitrogens is 1. The van der Waals surface area contributed by atoms with Crippen LogP contribution < -0.4 is 10.1 Å². The van der Waals surface area contributed by atoms with Gasteiger partial charge in [-0.3, -0.25) is 4.79 Å². The van der Waals surface area contributed by atoms with E-state index in [1.54, 1.807) is 7.11 Å². The maximum atomic E-state index is 13.2. The van der Waals surface area contributed by atoms with E-state index in [1.165, 1.54) is 16.5 Å². The van der Waals surface area contributed by atoms with Gasteiger partial charge in [0.1, 0.15) is 11.9 Å². The first kappa shape index (κ1) is 20.1. The molecule has 2 heterocycles. The van der Waals surface area contributed by atoms with Gasteiger partial charge < -0.3 is 24.3 Å². The molecule has 1 aliphatic carbocycles. The zero-order valence-corrected chi connectivity index (χ0v) is 17.9. The van der Waals surface area contributed by atoms with Crippen LogP contribution in [-0.2, 0) is 22.6 Å². The Bertz CT molecular complexity index is 1070. The summed E-state index contributed by atoms with van der Waals surface area (Å²) in [6.07, 6.45) is 3.97. The van der Waals surface area contributed by atoms with Crippen LogP contribution in [0.3, 0.4) is 0 Å². The van der Waals surface area contributed by atoms with Crippen LogP contribution in [0.1, 0.15) is 24.0 Å². The molecular formula is C25H29N3O3. The molecule has 1 saturated carbocycles. The second kappa shape index (κ2) is 8.73. The Balaban J connectivity index is 1.45. The Morgan fingerprint density at radius 3 is 2.74 bits per heavy atom. The third-order valence-corrected chi connectivity index (χ3v) is 6.22. The number of benzene rings is 2. The SMILES string of the molecule is COc1ccccc1Cn1cc(CN(C(=O)C2CNCCO2)C2CC2)c2ccccc21. The van der Waals surface area contributed by atoms with Crippen molar-refractivity contribution in [2.24, 2.45) is 0 Å². The summed E-state index contributed by atoms with van der Waals surface area (Å²) in [6.45, 7) is 3.33. The minimum atomic E-state index is -0.378. The van der Waals surface area contributed by atoms with Gasteiger partial charge in [0.25, 0.3) is 5.91 Å². The van der Waals surface area contributed by atoms with Crippen molar-refractivity contribution in [1.29, 1.82) is 0 Å². The molecule has 6 nitrogen and oxygen atoms in total. The molecule has 1 N–H and O–H groups in total. The van der Waals surface area contributed by atoms with Crippen LogP contribution in [0.5, 0.6) is 5.75 Å². The van der Waals surface area contributed by atoms with E-state index in [0.717, 1.165) is 37.2 Å². The van der Waals surface area contributed by atoms with Gasteiger partial charge >= 0.3 is 0 Å². The molecule has 1 unspecified atom stereocenters. The van der Waals surface area contributed by atoms with Crippen molar-refractivity contribution in [3.05, 3.63) is 65.9 Å². The van der Waals surface area contributed by atoms with Crippen LogP contribution in [0.25, 0.3) is 10.9 Å². The summed E-state index contributed by atoms with van der Waals surface area (Å²) in [7, 11) is 1.71. The number of para-hydroxylation sites is 2. The lowest BCUT2D eigenvalue weighted by Gasteiger charge is -2.30. The minimum Gasteiger partial charge on any atom is -0.496 e. The molecule has 1 atom stereocenters. The Labute approximate surface area is 182 Å². The van der Waals surface area contributed by atoms with Gasteiger partial charge in [-0.05, 0) is 30.5 Å². The Morgan fingerprint density at radius 2 is 1.97 bits per heavy atom. The predicted molar refractivity (Wildman–Crippen MR) is 120 cm³/mol. The second-order valence-electron chi connectivity index (χ2n) is 8.37. The van der Waals surface area contributed by atoms with E-state index in [2.05, 4.69) is 46.4 Å². The number of hydrogen-bond acceptors (Lipinski definition) is 4. The van der Waals surface area contributed by atoms with E-state index in [1.807, 2.05) is 23.1 Å². The van der Waals surface area contributed by atoms with E-state index in [-0.39, 0.29) is 12.0 Å². The van der Waals surface area contributed by atoms with Crippen LogP contribution in [0.4, 0.5) is 0 Å². The van der Waals surface area contributed by atoms with E-state index in [0.29, 0.717) is 25.7 Å². The summed E-state index contributed by atoms with van der Waals surface area (Å²) in [5.74, 6) is 0.995. The molecule has 2 aliphatic rings. The van der Waals surface area contributed by atoms with Crippen molar-refractivity contribution < 1.29 is 14.3 Å². The summed E-state index contributed by atoms with van der Waals surface area (Å²) in [5.41, 5.74) is 3.48. The second-order valence-corrected chi connectivity index (χ2v) is 8.37. The van der Waals surface area contributed by atoms with Crippen LogP contribution in [0, 0.1) is 0 Å². The molecule has 1 aromatic heterocycles. The predicted octanol–water partition coefficient (Wildman–Crippen LogP) is 3.18. The quantitative estimate of drug-likeness (QED) is 0.639. The highest BCUT2D eigenvalue weighted by Crippen LogP contribution is 2.32. The number of ether oxygens (including phenoxy) is 2. The molecule has 1 saturated heterocycles. The molecule has 2 fully saturated rings. The van der Waals surface area contributed by atoms with Gasteiger partial charge in [0.05, 0.1) is 20.3 Å². The molecule has 0 bridgehead atoms. The van der Waals surface area contributed by atoms with E-state index >= 15 is 0 Å². The number of methoxy groups -OCH3 is 1.